The second-order valence-corrected chi connectivity index (χ2v) is 2.15. The monoisotopic (exact) mass is 412 g/mol. The van der Waals surface area contributed by atoms with Crippen LogP contribution in [0, 0.1) is 0 Å². The van der Waals surface area contributed by atoms with Gasteiger partial charge in [-0.2, -0.15) is 0 Å². The standard InChI is InChI=1S/C8H6O4.Hg.2Na/c9-7(10)5-1-2-6(4-3-5)8(11)12;;;/h1-4H,(H,9,10)(H,11,12);;;/q;3*+1/p-2. The third kappa shape index (κ3) is 7.10. The summed E-state index contributed by atoms with van der Waals surface area (Å²) >= 11 is 0. The van der Waals surface area contributed by atoms with E-state index in [2.05, 4.69) is 0 Å². The first-order valence-corrected chi connectivity index (χ1v) is 3.14. The Hall–Kier alpha value is 1.10. The van der Waals surface area contributed by atoms with Gasteiger partial charge in [-0.1, -0.05) is 24.3 Å². The maximum Gasteiger partial charge on any atom is 1.00 e. The van der Waals surface area contributed by atoms with E-state index in [0.717, 1.165) is 24.3 Å². The Morgan fingerprint density at radius 3 is 1.13 bits per heavy atom. The molecule has 15 heavy (non-hydrogen) atoms. The molecule has 4 nitrogen and oxygen atoms in total. The van der Waals surface area contributed by atoms with Gasteiger partial charge in [0.05, 0.1) is 11.9 Å². The van der Waals surface area contributed by atoms with Crippen molar-refractivity contribution in [2.24, 2.45) is 0 Å². The molecule has 0 atom stereocenters. The van der Waals surface area contributed by atoms with E-state index < -0.39 is 11.9 Å². The fourth-order valence-corrected chi connectivity index (χ4v) is 0.742. The van der Waals surface area contributed by atoms with Crippen LogP contribution in [-0.4, -0.2) is 11.9 Å². The van der Waals surface area contributed by atoms with Gasteiger partial charge in [-0.25, -0.2) is 0 Å². The van der Waals surface area contributed by atoms with Crippen molar-refractivity contribution in [3.8, 4) is 0 Å². The third-order valence-electron chi connectivity index (χ3n) is 1.36. The van der Waals surface area contributed by atoms with E-state index in [1.807, 2.05) is 0 Å². The Labute approximate surface area is 152 Å². The number of hydrogen-bond acceptors (Lipinski definition) is 4. The number of aromatic carboxylic acids is 2. The molecule has 0 aromatic heterocycles. The van der Waals surface area contributed by atoms with E-state index in [9.17, 15) is 19.8 Å². The van der Waals surface area contributed by atoms with Crippen molar-refractivity contribution in [3.63, 3.8) is 0 Å². The van der Waals surface area contributed by atoms with Gasteiger partial charge in [-0.15, -0.1) is 0 Å². The number of rotatable bonds is 2. The summed E-state index contributed by atoms with van der Waals surface area (Å²) in [7, 11) is 0. The van der Waals surface area contributed by atoms with Crippen LogP contribution in [0.1, 0.15) is 20.7 Å². The zero-order valence-electron chi connectivity index (χ0n) is 8.65. The van der Waals surface area contributed by atoms with Crippen LogP contribution in [0.15, 0.2) is 24.3 Å². The van der Waals surface area contributed by atoms with Crippen molar-refractivity contribution in [1.29, 1.82) is 0 Å². The fraction of sp³-hybridized carbons (Fsp3) is 0. The topological polar surface area (TPSA) is 80.3 Å². The average molecular weight is 411 g/mol. The maximum atomic E-state index is 10.2. The molecule has 63 valence electrons. The van der Waals surface area contributed by atoms with Gasteiger partial charge < -0.3 is 19.8 Å². The zero-order chi connectivity index (χ0) is 9.14. The Bertz CT molecular complexity index is 293. The summed E-state index contributed by atoms with van der Waals surface area (Å²) in [5.41, 5.74) is -0.111. The molecule has 0 aliphatic heterocycles. The van der Waals surface area contributed by atoms with Crippen LogP contribution in [0.2, 0.25) is 0 Å². The SMILES string of the molecule is O=C([O-])c1ccc(C(=O)[O-])cc1.[Hg+].[Na+].[Na+]. The van der Waals surface area contributed by atoms with E-state index in [1.165, 1.54) is 0 Å². The zero-order valence-corrected chi connectivity index (χ0v) is 18.1. The summed E-state index contributed by atoms with van der Waals surface area (Å²) in [6, 6.07) is 4.61. The molecule has 0 unspecified atom stereocenters. The average Bonchev–Trinajstić information content (AvgIpc) is 2.04. The number of carbonyl (C=O) groups is 2. The molecule has 0 bridgehead atoms. The van der Waals surface area contributed by atoms with Gasteiger partial charge in [0.2, 0.25) is 0 Å². The van der Waals surface area contributed by atoms with Crippen molar-refractivity contribution >= 4 is 11.9 Å². The van der Waals surface area contributed by atoms with Crippen LogP contribution in [0.3, 0.4) is 0 Å². The van der Waals surface area contributed by atoms with Gasteiger partial charge in [0, 0.05) is 0 Å². The molecule has 1 rings (SSSR count). The first-order valence-electron chi connectivity index (χ1n) is 3.14. The van der Waals surface area contributed by atoms with E-state index >= 15 is 0 Å². The van der Waals surface area contributed by atoms with Gasteiger partial charge in [0.25, 0.3) is 0 Å². The van der Waals surface area contributed by atoms with Crippen molar-refractivity contribution < 1.29 is 107 Å². The normalized spacial score (nSPS) is 7.47. The first kappa shape index (κ1) is 21.4. The van der Waals surface area contributed by atoms with Crippen LogP contribution in [-0.2, 0) is 27.7 Å². The van der Waals surface area contributed by atoms with E-state index in [0.29, 0.717) is 0 Å². The number of hydrogen-bond donors (Lipinski definition) is 0. The Balaban J connectivity index is -0.000000480. The molecular weight excluding hydrogens is 407 g/mol. The Morgan fingerprint density at radius 2 is 1.00 bits per heavy atom. The van der Waals surface area contributed by atoms with Gasteiger partial charge in [0.15, 0.2) is 0 Å². The molecule has 0 aliphatic carbocycles. The first-order chi connectivity index (χ1) is 5.61. The second-order valence-electron chi connectivity index (χ2n) is 2.15. The molecule has 0 amide bonds. The van der Waals surface area contributed by atoms with Crippen LogP contribution in [0.25, 0.3) is 0 Å². The minimum Gasteiger partial charge on any atom is -0.545 e. The molecule has 0 N–H and O–H groups in total. The molecule has 0 fully saturated rings. The van der Waals surface area contributed by atoms with Crippen LogP contribution in [0.4, 0.5) is 0 Å². The number of carboxylic acids is 2. The van der Waals surface area contributed by atoms with Crippen LogP contribution < -0.4 is 69.3 Å². The van der Waals surface area contributed by atoms with E-state index in [1.54, 1.807) is 0 Å². The minimum atomic E-state index is -1.33. The van der Waals surface area contributed by atoms with Gasteiger partial charge >= 0.3 is 86.8 Å². The minimum absolute atomic E-state index is 0. The number of benzene rings is 1. The predicted octanol–water partition coefficient (Wildman–Crippen LogP) is -7.58. The summed E-state index contributed by atoms with van der Waals surface area (Å²) in [6.45, 7) is 0. The van der Waals surface area contributed by atoms with Crippen molar-refractivity contribution in [1.82, 2.24) is 0 Å². The van der Waals surface area contributed by atoms with E-state index in [-0.39, 0.29) is 97.9 Å². The van der Waals surface area contributed by atoms with Crippen LogP contribution >= 0.6 is 0 Å². The quantitative estimate of drug-likeness (QED) is 0.454. The largest absolute Gasteiger partial charge is 1.00 e. The summed E-state index contributed by atoms with van der Waals surface area (Å²) < 4.78 is 0. The Morgan fingerprint density at radius 1 is 0.800 bits per heavy atom. The van der Waals surface area contributed by atoms with E-state index in [4.69, 9.17) is 0 Å². The van der Waals surface area contributed by atoms with Crippen molar-refractivity contribution in [2.45, 2.75) is 0 Å². The molecule has 1 aromatic rings. The fourth-order valence-electron chi connectivity index (χ4n) is 0.742. The maximum absolute atomic E-state index is 10.2. The summed E-state index contributed by atoms with van der Waals surface area (Å²) in [5.74, 6) is -2.67. The summed E-state index contributed by atoms with van der Waals surface area (Å²) in [6.07, 6.45) is 0. The van der Waals surface area contributed by atoms with Gasteiger partial charge in [0.1, 0.15) is 0 Å². The molecule has 7 heteroatoms. The molecular formula is C8H4HgNa2O4+. The molecule has 1 radical (unpaired) electrons. The Kier molecular flexibility index (Phi) is 14.6. The van der Waals surface area contributed by atoms with Crippen molar-refractivity contribution in [3.05, 3.63) is 35.4 Å². The second kappa shape index (κ2) is 10.3. The van der Waals surface area contributed by atoms with Crippen molar-refractivity contribution in [2.75, 3.05) is 0 Å². The van der Waals surface area contributed by atoms with Gasteiger partial charge in [-0.3, -0.25) is 0 Å². The molecule has 0 heterocycles. The summed E-state index contributed by atoms with van der Waals surface area (Å²) in [4.78, 5) is 20.4. The smallest absolute Gasteiger partial charge is 0.545 e. The molecule has 0 saturated heterocycles. The third-order valence-corrected chi connectivity index (χ3v) is 1.36. The molecule has 0 saturated carbocycles. The molecule has 1 aromatic carbocycles. The number of carboxylic acid groups (broad SMARTS) is 2. The number of carbonyl (C=O) groups excluding carboxylic acids is 2. The predicted molar refractivity (Wildman–Crippen MR) is 35.1 cm³/mol. The molecule has 0 spiro atoms. The summed E-state index contributed by atoms with van der Waals surface area (Å²) in [5, 5.41) is 20.4. The molecule has 0 aliphatic rings. The van der Waals surface area contributed by atoms with Gasteiger partial charge in [-0.05, 0) is 11.1 Å². The van der Waals surface area contributed by atoms with Crippen LogP contribution in [0.5, 0.6) is 0 Å².